The van der Waals surface area contributed by atoms with E-state index in [2.05, 4.69) is 38.3 Å². The Morgan fingerprint density at radius 1 is 1.38 bits per heavy atom. The molecule has 3 nitrogen and oxygen atoms in total. The van der Waals surface area contributed by atoms with Gasteiger partial charge in [0.25, 0.3) is 0 Å². The van der Waals surface area contributed by atoms with Crippen LogP contribution in [-0.2, 0) is 11.3 Å². The van der Waals surface area contributed by atoms with Crippen LogP contribution in [0.2, 0.25) is 0 Å². The van der Waals surface area contributed by atoms with Crippen molar-refractivity contribution in [3.05, 3.63) is 35.9 Å². The highest BCUT2D eigenvalue weighted by Gasteiger charge is 2.01. The lowest BCUT2D eigenvalue weighted by molar-refractivity contribution is -0.118. The molecule has 0 saturated carbocycles. The Hall–Kier alpha value is -0.870. The standard InChI is InChI=1S/C12H17BrN2O/c1-15(8-7-14-12(16)9-13)10-11-5-3-2-4-6-11/h2-6H,7-10H2,1H3,(H,14,16). The van der Waals surface area contributed by atoms with Crippen LogP contribution in [0, 0.1) is 0 Å². The molecule has 0 heterocycles. The monoisotopic (exact) mass is 284 g/mol. The Kier molecular flexibility index (Phi) is 6.11. The van der Waals surface area contributed by atoms with Crippen molar-refractivity contribution in [3.63, 3.8) is 0 Å². The first kappa shape index (κ1) is 13.2. The van der Waals surface area contributed by atoms with E-state index < -0.39 is 0 Å². The predicted molar refractivity (Wildman–Crippen MR) is 69.6 cm³/mol. The molecular formula is C12H17BrN2O. The van der Waals surface area contributed by atoms with Crippen LogP contribution in [0.15, 0.2) is 30.3 Å². The smallest absolute Gasteiger partial charge is 0.230 e. The van der Waals surface area contributed by atoms with E-state index in [9.17, 15) is 4.79 Å². The molecule has 0 aliphatic carbocycles. The van der Waals surface area contributed by atoms with Crippen molar-refractivity contribution >= 4 is 21.8 Å². The van der Waals surface area contributed by atoms with E-state index in [-0.39, 0.29) is 5.91 Å². The molecule has 4 heteroatoms. The van der Waals surface area contributed by atoms with Crippen LogP contribution >= 0.6 is 15.9 Å². The molecule has 0 aliphatic rings. The summed E-state index contributed by atoms with van der Waals surface area (Å²) in [7, 11) is 2.05. The van der Waals surface area contributed by atoms with Gasteiger partial charge < -0.3 is 10.2 Å². The average molecular weight is 285 g/mol. The SMILES string of the molecule is CN(CCNC(=O)CBr)Cc1ccccc1. The molecule has 0 spiro atoms. The summed E-state index contributed by atoms with van der Waals surface area (Å²) in [4.78, 5) is 13.2. The van der Waals surface area contributed by atoms with Crippen molar-refractivity contribution in [3.8, 4) is 0 Å². The molecule has 0 atom stereocenters. The number of likely N-dealkylation sites (N-methyl/N-ethyl adjacent to an activating group) is 1. The summed E-state index contributed by atoms with van der Waals surface area (Å²) < 4.78 is 0. The van der Waals surface area contributed by atoms with Gasteiger partial charge in [-0.2, -0.15) is 0 Å². The second-order valence-corrected chi connectivity index (χ2v) is 4.27. The number of carbonyl (C=O) groups is 1. The molecule has 16 heavy (non-hydrogen) atoms. The van der Waals surface area contributed by atoms with Crippen LogP contribution in [0.3, 0.4) is 0 Å². The first-order chi connectivity index (χ1) is 7.72. The van der Waals surface area contributed by atoms with Gasteiger partial charge in [0.15, 0.2) is 0 Å². The van der Waals surface area contributed by atoms with Gasteiger partial charge >= 0.3 is 0 Å². The van der Waals surface area contributed by atoms with Gasteiger partial charge in [0.05, 0.1) is 5.33 Å². The minimum atomic E-state index is 0.0353. The number of amides is 1. The molecule has 1 N–H and O–H groups in total. The minimum absolute atomic E-state index is 0.0353. The highest BCUT2D eigenvalue weighted by Crippen LogP contribution is 2.01. The molecule has 0 bridgehead atoms. The van der Waals surface area contributed by atoms with E-state index in [0.29, 0.717) is 11.9 Å². The fourth-order valence-corrected chi connectivity index (χ4v) is 1.61. The van der Waals surface area contributed by atoms with E-state index in [1.165, 1.54) is 5.56 Å². The molecule has 0 radical (unpaired) electrons. The van der Waals surface area contributed by atoms with E-state index >= 15 is 0 Å². The maximum Gasteiger partial charge on any atom is 0.230 e. The Bertz CT molecular complexity index is 316. The van der Waals surface area contributed by atoms with Gasteiger partial charge in [0.2, 0.25) is 5.91 Å². The number of benzene rings is 1. The number of carbonyl (C=O) groups excluding carboxylic acids is 1. The molecule has 1 rings (SSSR count). The van der Waals surface area contributed by atoms with Gasteiger partial charge in [-0.3, -0.25) is 4.79 Å². The molecule has 0 fully saturated rings. The van der Waals surface area contributed by atoms with Crippen LogP contribution in [-0.4, -0.2) is 36.3 Å². The topological polar surface area (TPSA) is 32.3 Å². The zero-order chi connectivity index (χ0) is 11.8. The Morgan fingerprint density at radius 2 is 2.06 bits per heavy atom. The van der Waals surface area contributed by atoms with E-state index in [4.69, 9.17) is 0 Å². The Labute approximate surface area is 105 Å². The largest absolute Gasteiger partial charge is 0.354 e. The van der Waals surface area contributed by atoms with E-state index in [0.717, 1.165) is 13.1 Å². The number of halogens is 1. The van der Waals surface area contributed by atoms with Gasteiger partial charge in [-0.15, -0.1) is 0 Å². The molecular weight excluding hydrogens is 268 g/mol. The first-order valence-electron chi connectivity index (χ1n) is 5.27. The Morgan fingerprint density at radius 3 is 2.69 bits per heavy atom. The first-order valence-corrected chi connectivity index (χ1v) is 6.39. The second-order valence-electron chi connectivity index (χ2n) is 3.71. The number of rotatable bonds is 6. The molecule has 0 unspecified atom stereocenters. The molecule has 1 aromatic rings. The maximum absolute atomic E-state index is 11.0. The zero-order valence-electron chi connectivity index (χ0n) is 9.45. The van der Waals surface area contributed by atoms with Crippen LogP contribution in [0.4, 0.5) is 0 Å². The Balaban J connectivity index is 2.21. The van der Waals surface area contributed by atoms with Crippen molar-refractivity contribution in [2.75, 3.05) is 25.5 Å². The van der Waals surface area contributed by atoms with Crippen LogP contribution < -0.4 is 5.32 Å². The number of hydrogen-bond acceptors (Lipinski definition) is 2. The van der Waals surface area contributed by atoms with Crippen molar-refractivity contribution in [1.29, 1.82) is 0 Å². The number of hydrogen-bond donors (Lipinski definition) is 1. The third kappa shape index (κ3) is 5.28. The summed E-state index contributed by atoms with van der Waals surface area (Å²) in [6, 6.07) is 10.3. The molecule has 0 aliphatic heterocycles. The van der Waals surface area contributed by atoms with Gasteiger partial charge in [0.1, 0.15) is 0 Å². The maximum atomic E-state index is 11.0. The average Bonchev–Trinajstić information content (AvgIpc) is 2.30. The summed E-state index contributed by atoms with van der Waals surface area (Å²) in [6.45, 7) is 2.45. The molecule has 88 valence electrons. The fourth-order valence-electron chi connectivity index (χ4n) is 1.41. The third-order valence-electron chi connectivity index (χ3n) is 2.23. The summed E-state index contributed by atoms with van der Waals surface area (Å²) in [6.07, 6.45) is 0. The lowest BCUT2D eigenvalue weighted by Gasteiger charge is -2.16. The van der Waals surface area contributed by atoms with Gasteiger partial charge in [-0.1, -0.05) is 46.3 Å². The van der Waals surface area contributed by atoms with E-state index in [1.54, 1.807) is 0 Å². The second kappa shape index (κ2) is 7.41. The normalized spacial score (nSPS) is 10.4. The lowest BCUT2D eigenvalue weighted by Crippen LogP contribution is -2.33. The number of nitrogens with zero attached hydrogens (tertiary/aromatic N) is 1. The summed E-state index contributed by atoms with van der Waals surface area (Å²) >= 11 is 3.11. The molecule has 0 aromatic heterocycles. The summed E-state index contributed by atoms with van der Waals surface area (Å²) in [5.74, 6) is 0.0353. The fraction of sp³-hybridized carbons (Fsp3) is 0.417. The van der Waals surface area contributed by atoms with Crippen LogP contribution in [0.5, 0.6) is 0 Å². The summed E-state index contributed by atoms with van der Waals surface area (Å²) in [5, 5.41) is 3.19. The lowest BCUT2D eigenvalue weighted by atomic mass is 10.2. The predicted octanol–water partition coefficient (Wildman–Crippen LogP) is 1.63. The van der Waals surface area contributed by atoms with Crippen molar-refractivity contribution in [1.82, 2.24) is 10.2 Å². The van der Waals surface area contributed by atoms with Crippen molar-refractivity contribution in [2.24, 2.45) is 0 Å². The molecule has 1 aromatic carbocycles. The highest BCUT2D eigenvalue weighted by molar-refractivity contribution is 9.09. The van der Waals surface area contributed by atoms with Gasteiger partial charge in [-0.05, 0) is 12.6 Å². The van der Waals surface area contributed by atoms with Crippen LogP contribution in [0.25, 0.3) is 0 Å². The van der Waals surface area contributed by atoms with Gasteiger partial charge in [-0.25, -0.2) is 0 Å². The minimum Gasteiger partial charge on any atom is -0.354 e. The number of alkyl halides is 1. The molecule has 0 saturated heterocycles. The third-order valence-corrected chi connectivity index (χ3v) is 2.74. The number of nitrogens with one attached hydrogen (secondary N) is 1. The zero-order valence-corrected chi connectivity index (χ0v) is 11.0. The van der Waals surface area contributed by atoms with Crippen molar-refractivity contribution < 1.29 is 4.79 Å². The van der Waals surface area contributed by atoms with Crippen LogP contribution in [0.1, 0.15) is 5.56 Å². The quantitative estimate of drug-likeness (QED) is 0.806. The molecule has 1 amide bonds. The van der Waals surface area contributed by atoms with Crippen molar-refractivity contribution in [2.45, 2.75) is 6.54 Å². The van der Waals surface area contributed by atoms with E-state index in [1.807, 2.05) is 25.2 Å². The van der Waals surface area contributed by atoms with Gasteiger partial charge in [0, 0.05) is 19.6 Å². The highest BCUT2D eigenvalue weighted by atomic mass is 79.9. The summed E-state index contributed by atoms with van der Waals surface area (Å²) in [5.41, 5.74) is 1.29.